The molecule has 4 atom stereocenters. The molecule has 11 nitrogen and oxygen atoms in total. The summed E-state index contributed by atoms with van der Waals surface area (Å²) in [5, 5.41) is 36.3. The minimum Gasteiger partial charge on any atom is -0.400 e. The Morgan fingerprint density at radius 1 is 1.28 bits per heavy atom. The monoisotopic (exact) mass is 619 g/mol. The number of aliphatic imine (C=N–C) groups is 2. The molecule has 2 aromatic heterocycles. The van der Waals surface area contributed by atoms with Gasteiger partial charge in [0.2, 0.25) is 0 Å². The molecular formula is C25H27BrFN7O4S. The summed E-state index contributed by atoms with van der Waals surface area (Å²) in [6.45, 7) is 1.21. The zero-order valence-electron chi connectivity index (χ0n) is 21.0. The van der Waals surface area contributed by atoms with Gasteiger partial charge in [-0.1, -0.05) is 11.3 Å². The Bertz CT molecular complexity index is 1490. The molecule has 1 saturated heterocycles. The number of rotatable bonds is 5. The molecule has 3 heterocycles. The van der Waals surface area contributed by atoms with Crippen LogP contribution in [0.3, 0.4) is 0 Å². The normalized spacial score (nSPS) is 22.0. The van der Waals surface area contributed by atoms with Crippen LogP contribution in [0.15, 0.2) is 62.6 Å². The maximum Gasteiger partial charge on any atom is 0.159 e. The lowest BCUT2D eigenvalue weighted by molar-refractivity contribution is -0.137. The second-order valence-electron chi connectivity index (χ2n) is 8.58. The minimum atomic E-state index is -1.09. The number of aromatic nitrogens is 4. The average Bonchev–Trinajstić information content (AvgIpc) is 3.61. The lowest BCUT2D eigenvalue weighted by Gasteiger charge is -2.38. The zero-order valence-corrected chi connectivity index (χ0v) is 23.4. The third kappa shape index (κ3) is 6.54. The Morgan fingerprint density at radius 3 is 2.79 bits per heavy atom. The standard InChI is InChI=1S/C24H23BrFN7O3S.CH4O/c1-12(27)29-24(30-14-3-5-17-22(7-14)37-11-28-17)20-8-19(23(35)21(10-34)36-20)33-9-18(31-32-33)13-2-4-15(25)16(26)6-13;1-2/h2-7,9,11,19-21,23,34-35H,8,10H2,1H3,(H2,27,29,30);2H,1H3. The molecule has 14 heteroatoms. The van der Waals surface area contributed by atoms with Gasteiger partial charge in [-0.25, -0.2) is 24.0 Å². The highest BCUT2D eigenvalue weighted by atomic mass is 79.9. The predicted octanol–water partition coefficient (Wildman–Crippen LogP) is 3.22. The summed E-state index contributed by atoms with van der Waals surface area (Å²) in [5.74, 6) is 0.158. The number of thiazole rings is 1. The number of aliphatic hydroxyl groups is 3. The van der Waals surface area contributed by atoms with Crippen LogP contribution in [-0.4, -0.2) is 79.0 Å². The number of fused-ring (bicyclic) bond motifs is 1. The van der Waals surface area contributed by atoms with Crippen molar-refractivity contribution in [2.75, 3.05) is 13.7 Å². The van der Waals surface area contributed by atoms with E-state index in [1.807, 2.05) is 18.2 Å². The Morgan fingerprint density at radius 2 is 2.08 bits per heavy atom. The van der Waals surface area contributed by atoms with Crippen molar-refractivity contribution in [1.29, 1.82) is 0 Å². The van der Waals surface area contributed by atoms with Crippen LogP contribution in [0.25, 0.3) is 21.5 Å². The number of hydrogen-bond acceptors (Lipinski definition) is 9. The molecule has 0 aliphatic carbocycles. The van der Waals surface area contributed by atoms with Crippen LogP contribution in [0.4, 0.5) is 10.1 Å². The second-order valence-corrected chi connectivity index (χ2v) is 10.3. The lowest BCUT2D eigenvalue weighted by atomic mass is 9.95. The zero-order chi connectivity index (χ0) is 28.1. The first-order valence-corrected chi connectivity index (χ1v) is 13.5. The van der Waals surface area contributed by atoms with E-state index in [1.165, 1.54) is 22.1 Å². The van der Waals surface area contributed by atoms with Crippen LogP contribution < -0.4 is 5.73 Å². The summed E-state index contributed by atoms with van der Waals surface area (Å²) >= 11 is 4.64. The number of nitrogens with zero attached hydrogens (tertiary/aromatic N) is 6. The fourth-order valence-corrected chi connectivity index (χ4v) is 5.11. The van der Waals surface area contributed by atoms with Gasteiger partial charge < -0.3 is 25.8 Å². The fraction of sp³-hybridized carbons (Fsp3) is 0.320. The van der Waals surface area contributed by atoms with Gasteiger partial charge in [0.15, 0.2) is 5.84 Å². The molecule has 4 aromatic rings. The van der Waals surface area contributed by atoms with E-state index in [-0.39, 0.29) is 12.3 Å². The van der Waals surface area contributed by atoms with Crippen molar-refractivity contribution in [3.63, 3.8) is 0 Å². The Balaban J connectivity index is 0.00000172. The highest BCUT2D eigenvalue weighted by molar-refractivity contribution is 9.10. The third-order valence-corrected chi connectivity index (χ3v) is 7.39. The van der Waals surface area contributed by atoms with Gasteiger partial charge in [-0.2, -0.15) is 0 Å². The van der Waals surface area contributed by atoms with Gasteiger partial charge in [-0.3, -0.25) is 0 Å². The first kappa shape index (κ1) is 28.9. The summed E-state index contributed by atoms with van der Waals surface area (Å²) in [6.07, 6.45) is -0.870. The van der Waals surface area contributed by atoms with Gasteiger partial charge in [-0.15, -0.1) is 16.4 Å². The number of benzene rings is 2. The van der Waals surface area contributed by atoms with Crippen molar-refractivity contribution in [2.45, 2.75) is 37.7 Å². The summed E-state index contributed by atoms with van der Waals surface area (Å²) < 4.78 is 22.9. The first-order valence-electron chi connectivity index (χ1n) is 11.8. The maximum atomic E-state index is 14.1. The van der Waals surface area contributed by atoms with Crippen molar-refractivity contribution >= 4 is 54.8 Å². The molecule has 2 aromatic carbocycles. The summed E-state index contributed by atoms with van der Waals surface area (Å²) in [6, 6.07) is 9.61. The molecule has 0 saturated carbocycles. The van der Waals surface area contributed by atoms with Crippen LogP contribution in [0.1, 0.15) is 19.4 Å². The third-order valence-electron chi connectivity index (χ3n) is 5.95. The quantitative estimate of drug-likeness (QED) is 0.195. The van der Waals surface area contributed by atoms with E-state index in [2.05, 4.69) is 36.2 Å². The van der Waals surface area contributed by atoms with E-state index < -0.39 is 36.8 Å². The van der Waals surface area contributed by atoms with Gasteiger partial charge in [0.25, 0.3) is 0 Å². The molecule has 0 bridgehead atoms. The molecule has 4 unspecified atom stereocenters. The summed E-state index contributed by atoms with van der Waals surface area (Å²) in [4.78, 5) is 13.4. The first-order chi connectivity index (χ1) is 18.8. The number of nitrogens with two attached hydrogens (primary N) is 1. The van der Waals surface area contributed by atoms with E-state index in [1.54, 1.807) is 30.8 Å². The van der Waals surface area contributed by atoms with Crippen LogP contribution in [0.5, 0.6) is 0 Å². The van der Waals surface area contributed by atoms with Gasteiger partial charge in [0.05, 0.1) is 50.6 Å². The SMILES string of the molecule is CC(N)=NC(=Nc1ccc2ncsc2c1)C1CC(n2cc(-c3ccc(Br)c(F)c3)nn2)C(O)C(CO)O1.CO. The number of aliphatic hydroxyl groups excluding tert-OH is 3. The summed E-state index contributed by atoms with van der Waals surface area (Å²) in [5.41, 5.74) is 10.1. The van der Waals surface area contributed by atoms with E-state index >= 15 is 0 Å². The van der Waals surface area contributed by atoms with E-state index in [9.17, 15) is 14.6 Å². The fourth-order valence-electron chi connectivity index (χ4n) is 4.16. The average molecular weight is 621 g/mol. The van der Waals surface area contributed by atoms with E-state index in [0.29, 0.717) is 27.3 Å². The van der Waals surface area contributed by atoms with Crippen molar-refractivity contribution in [1.82, 2.24) is 20.0 Å². The van der Waals surface area contributed by atoms with Crippen LogP contribution in [0.2, 0.25) is 0 Å². The van der Waals surface area contributed by atoms with Gasteiger partial charge in [0.1, 0.15) is 29.8 Å². The van der Waals surface area contributed by atoms with Crippen LogP contribution in [0, 0.1) is 5.82 Å². The molecule has 0 radical (unpaired) electrons. The van der Waals surface area contributed by atoms with Gasteiger partial charge >= 0.3 is 0 Å². The van der Waals surface area contributed by atoms with Crippen molar-refractivity contribution < 1.29 is 24.4 Å². The molecule has 5 rings (SSSR count). The highest BCUT2D eigenvalue weighted by Crippen LogP contribution is 2.33. The largest absolute Gasteiger partial charge is 0.400 e. The Kier molecular flexibility index (Phi) is 9.48. The summed E-state index contributed by atoms with van der Waals surface area (Å²) in [7, 11) is 1.00. The lowest BCUT2D eigenvalue weighted by Crippen LogP contribution is -2.50. The van der Waals surface area contributed by atoms with Crippen molar-refractivity contribution in [3.05, 3.63) is 58.4 Å². The number of hydrogen-bond donors (Lipinski definition) is 4. The molecule has 1 fully saturated rings. The molecule has 39 heavy (non-hydrogen) atoms. The molecule has 5 N–H and O–H groups in total. The minimum absolute atomic E-state index is 0.230. The van der Waals surface area contributed by atoms with Crippen molar-refractivity contribution in [2.24, 2.45) is 15.7 Å². The number of halogens is 2. The van der Waals surface area contributed by atoms with Crippen LogP contribution in [-0.2, 0) is 4.74 Å². The Hall–Kier alpha value is -3.14. The maximum absolute atomic E-state index is 14.1. The van der Waals surface area contributed by atoms with Gasteiger partial charge in [-0.05, 0) is 53.2 Å². The highest BCUT2D eigenvalue weighted by Gasteiger charge is 2.41. The molecular weight excluding hydrogens is 593 g/mol. The van der Waals surface area contributed by atoms with E-state index in [4.69, 9.17) is 20.6 Å². The molecule has 1 aliphatic heterocycles. The molecule has 1 aliphatic rings. The smallest absolute Gasteiger partial charge is 0.159 e. The molecule has 206 valence electrons. The van der Waals surface area contributed by atoms with E-state index in [0.717, 1.165) is 17.3 Å². The van der Waals surface area contributed by atoms with Gasteiger partial charge in [0, 0.05) is 19.1 Å². The number of amidine groups is 2. The number of ether oxygens (including phenoxy) is 1. The topological polar surface area (TPSA) is 164 Å². The predicted molar refractivity (Wildman–Crippen MR) is 151 cm³/mol. The van der Waals surface area contributed by atoms with Crippen LogP contribution >= 0.6 is 27.3 Å². The second kappa shape index (κ2) is 12.8. The van der Waals surface area contributed by atoms with Crippen molar-refractivity contribution in [3.8, 4) is 11.3 Å². The molecule has 0 spiro atoms. The molecule has 0 amide bonds. The Labute approximate surface area is 235 Å².